The highest BCUT2D eigenvalue weighted by atomic mass is 16.5. The normalized spacial score (nSPS) is 17.5. The number of nitrogens with two attached hydrogens (primary N) is 1. The van der Waals surface area contributed by atoms with Gasteiger partial charge in [-0.3, -0.25) is 4.90 Å². The number of ether oxygens (including phenoxy) is 1. The topological polar surface area (TPSA) is 38.5 Å². The second kappa shape index (κ2) is 9.73. The molecule has 0 aromatic heterocycles. The van der Waals surface area contributed by atoms with Gasteiger partial charge in [-0.05, 0) is 54.5 Å². The zero-order valence-corrected chi connectivity index (χ0v) is 16.9. The molecule has 0 aliphatic carbocycles. The fourth-order valence-corrected chi connectivity index (χ4v) is 4.15. The van der Waals surface area contributed by atoms with Crippen molar-refractivity contribution in [3.8, 4) is 0 Å². The Kier molecular flexibility index (Phi) is 6.60. The summed E-state index contributed by atoms with van der Waals surface area (Å²) >= 11 is 0. The first-order valence-electron chi connectivity index (χ1n) is 10.6. The van der Waals surface area contributed by atoms with Gasteiger partial charge < -0.3 is 10.5 Å². The third kappa shape index (κ3) is 5.26. The van der Waals surface area contributed by atoms with E-state index in [0.717, 1.165) is 31.6 Å². The lowest BCUT2D eigenvalue weighted by Gasteiger charge is -2.38. The lowest BCUT2D eigenvalue weighted by molar-refractivity contribution is -0.105. The number of likely N-dealkylation sites (tertiary alicyclic amines) is 1. The molecule has 3 aromatic carbocycles. The van der Waals surface area contributed by atoms with Crippen LogP contribution in [-0.4, -0.2) is 24.2 Å². The molecule has 3 nitrogen and oxygen atoms in total. The number of piperidine rings is 1. The molecule has 1 aliphatic rings. The van der Waals surface area contributed by atoms with Crippen LogP contribution in [0.3, 0.4) is 0 Å². The lowest BCUT2D eigenvalue weighted by atomic mass is 10.0. The Bertz CT molecular complexity index is 842. The first-order valence-corrected chi connectivity index (χ1v) is 10.6. The van der Waals surface area contributed by atoms with E-state index in [4.69, 9.17) is 10.5 Å². The summed E-state index contributed by atoms with van der Waals surface area (Å²) in [5.74, 6) is 0. The van der Waals surface area contributed by atoms with Crippen LogP contribution in [0.2, 0.25) is 0 Å². The Morgan fingerprint density at radius 2 is 1.55 bits per heavy atom. The highest BCUT2D eigenvalue weighted by Gasteiger charge is 2.27. The fourth-order valence-electron chi connectivity index (χ4n) is 4.15. The zero-order chi connectivity index (χ0) is 19.9. The van der Waals surface area contributed by atoms with Crippen molar-refractivity contribution in [1.82, 2.24) is 4.90 Å². The van der Waals surface area contributed by atoms with Crippen LogP contribution in [0, 0.1) is 0 Å². The predicted octanol–water partition coefficient (Wildman–Crippen LogP) is 5.43. The quantitative estimate of drug-likeness (QED) is 0.550. The summed E-state index contributed by atoms with van der Waals surface area (Å²) in [7, 11) is 0. The molecule has 29 heavy (non-hydrogen) atoms. The maximum atomic E-state index is 6.79. The molecule has 0 saturated carbocycles. The second-order valence-corrected chi connectivity index (χ2v) is 7.82. The van der Waals surface area contributed by atoms with Gasteiger partial charge in [0.1, 0.15) is 12.3 Å². The van der Waals surface area contributed by atoms with Crippen LogP contribution >= 0.6 is 0 Å². The van der Waals surface area contributed by atoms with E-state index in [-0.39, 0.29) is 12.3 Å². The summed E-state index contributed by atoms with van der Waals surface area (Å²) in [5.41, 5.74) is 10.5. The van der Waals surface area contributed by atoms with Crippen LogP contribution in [0.1, 0.15) is 42.1 Å². The van der Waals surface area contributed by atoms with Crippen molar-refractivity contribution in [3.05, 3.63) is 102 Å². The molecular formula is C26H30N2O. The van der Waals surface area contributed by atoms with Crippen molar-refractivity contribution in [2.24, 2.45) is 0 Å². The SMILES string of the molecule is Nc1cccc(CCN2CCCCC2OC(c2ccccc2)c2ccccc2)c1. The highest BCUT2D eigenvalue weighted by Crippen LogP contribution is 2.31. The standard InChI is InChI=1S/C26H30N2O/c27-24-15-9-10-21(20-24)17-19-28-18-8-7-16-25(28)29-26(22-11-3-1-4-12-22)23-13-5-2-6-14-23/h1-6,9-15,20,25-26H,7-8,16-19,27H2. The van der Waals surface area contributed by atoms with Gasteiger partial charge in [-0.15, -0.1) is 0 Å². The van der Waals surface area contributed by atoms with Crippen LogP contribution in [-0.2, 0) is 11.2 Å². The maximum absolute atomic E-state index is 6.79. The molecule has 1 heterocycles. The van der Waals surface area contributed by atoms with Gasteiger partial charge in [0.2, 0.25) is 0 Å². The van der Waals surface area contributed by atoms with Crippen molar-refractivity contribution in [1.29, 1.82) is 0 Å². The number of rotatable bonds is 7. The number of hydrogen-bond donors (Lipinski definition) is 1. The number of anilines is 1. The molecule has 1 aliphatic heterocycles. The highest BCUT2D eigenvalue weighted by molar-refractivity contribution is 5.40. The van der Waals surface area contributed by atoms with E-state index >= 15 is 0 Å². The summed E-state index contributed by atoms with van der Waals surface area (Å²) in [6.07, 6.45) is 4.61. The Balaban J connectivity index is 1.50. The van der Waals surface area contributed by atoms with Crippen molar-refractivity contribution in [2.45, 2.75) is 38.0 Å². The number of hydrogen-bond acceptors (Lipinski definition) is 3. The van der Waals surface area contributed by atoms with Crippen LogP contribution in [0.5, 0.6) is 0 Å². The van der Waals surface area contributed by atoms with E-state index in [0.29, 0.717) is 0 Å². The largest absolute Gasteiger partial charge is 0.399 e. The summed E-state index contributed by atoms with van der Waals surface area (Å²) in [6, 6.07) is 29.4. The Morgan fingerprint density at radius 3 is 2.21 bits per heavy atom. The molecule has 1 unspecified atom stereocenters. The summed E-state index contributed by atoms with van der Waals surface area (Å²) in [6.45, 7) is 2.08. The fraction of sp³-hybridized carbons (Fsp3) is 0.308. The molecular weight excluding hydrogens is 356 g/mol. The van der Waals surface area contributed by atoms with Gasteiger partial charge >= 0.3 is 0 Å². The van der Waals surface area contributed by atoms with Gasteiger partial charge in [0.25, 0.3) is 0 Å². The van der Waals surface area contributed by atoms with Crippen LogP contribution < -0.4 is 5.73 Å². The number of benzene rings is 3. The first-order chi connectivity index (χ1) is 14.3. The third-order valence-electron chi connectivity index (χ3n) is 5.69. The van der Waals surface area contributed by atoms with Crippen LogP contribution in [0.15, 0.2) is 84.9 Å². The van der Waals surface area contributed by atoms with E-state index in [1.807, 2.05) is 12.1 Å². The lowest BCUT2D eigenvalue weighted by Crippen LogP contribution is -2.43. The Labute approximate surface area is 174 Å². The molecule has 4 rings (SSSR count). The van der Waals surface area contributed by atoms with Crippen LogP contribution in [0.25, 0.3) is 0 Å². The number of nitrogen functional groups attached to an aromatic ring is 1. The smallest absolute Gasteiger partial charge is 0.111 e. The minimum absolute atomic E-state index is 0.0460. The molecule has 0 spiro atoms. The van der Waals surface area contributed by atoms with E-state index in [1.54, 1.807) is 0 Å². The third-order valence-corrected chi connectivity index (χ3v) is 5.69. The minimum Gasteiger partial charge on any atom is -0.399 e. The van der Waals surface area contributed by atoms with Crippen LogP contribution in [0.4, 0.5) is 5.69 Å². The van der Waals surface area contributed by atoms with Gasteiger partial charge in [-0.2, -0.15) is 0 Å². The average molecular weight is 387 g/mol. The number of nitrogens with zero attached hydrogens (tertiary/aromatic N) is 1. The molecule has 3 aromatic rings. The van der Waals surface area contributed by atoms with E-state index in [9.17, 15) is 0 Å². The molecule has 1 atom stereocenters. The van der Waals surface area contributed by atoms with Gasteiger partial charge in [-0.25, -0.2) is 0 Å². The molecule has 1 fully saturated rings. The van der Waals surface area contributed by atoms with E-state index in [2.05, 4.69) is 77.7 Å². The Hall–Kier alpha value is -2.62. The average Bonchev–Trinajstić information content (AvgIpc) is 2.78. The monoisotopic (exact) mass is 386 g/mol. The summed E-state index contributed by atoms with van der Waals surface area (Å²) in [5, 5.41) is 0. The van der Waals surface area contributed by atoms with Gasteiger partial charge in [0, 0.05) is 18.8 Å². The minimum atomic E-state index is -0.0460. The van der Waals surface area contributed by atoms with Gasteiger partial charge in [0.05, 0.1) is 0 Å². The predicted molar refractivity (Wildman–Crippen MR) is 120 cm³/mol. The summed E-state index contributed by atoms with van der Waals surface area (Å²) in [4.78, 5) is 2.51. The van der Waals surface area contributed by atoms with Crippen molar-refractivity contribution >= 4 is 5.69 Å². The Morgan fingerprint density at radius 1 is 0.862 bits per heavy atom. The summed E-state index contributed by atoms with van der Waals surface area (Å²) < 4.78 is 6.79. The van der Waals surface area contributed by atoms with Crippen molar-refractivity contribution in [2.75, 3.05) is 18.8 Å². The zero-order valence-electron chi connectivity index (χ0n) is 16.9. The molecule has 1 saturated heterocycles. The molecule has 2 N–H and O–H groups in total. The molecule has 0 amide bonds. The van der Waals surface area contributed by atoms with Crippen molar-refractivity contribution < 1.29 is 4.74 Å². The molecule has 150 valence electrons. The van der Waals surface area contributed by atoms with Gasteiger partial charge in [0.15, 0.2) is 0 Å². The molecule has 0 radical (unpaired) electrons. The van der Waals surface area contributed by atoms with E-state index < -0.39 is 0 Å². The molecule has 3 heteroatoms. The van der Waals surface area contributed by atoms with Gasteiger partial charge in [-0.1, -0.05) is 72.8 Å². The first kappa shape index (κ1) is 19.7. The molecule has 0 bridgehead atoms. The van der Waals surface area contributed by atoms with Crippen molar-refractivity contribution in [3.63, 3.8) is 0 Å². The van der Waals surface area contributed by atoms with E-state index in [1.165, 1.54) is 29.5 Å². The second-order valence-electron chi connectivity index (χ2n) is 7.82. The maximum Gasteiger partial charge on any atom is 0.111 e.